The zero-order valence-corrected chi connectivity index (χ0v) is 13.2. The van der Waals surface area contributed by atoms with Gasteiger partial charge in [0.05, 0.1) is 34.1 Å². The zero-order chi connectivity index (χ0) is 14.5. The molecule has 0 bridgehead atoms. The molecule has 2 aromatic carbocycles. The van der Waals surface area contributed by atoms with Gasteiger partial charge in [0, 0.05) is 4.47 Å². The molecule has 0 aliphatic heterocycles. The van der Waals surface area contributed by atoms with Gasteiger partial charge < -0.3 is 4.74 Å². The van der Waals surface area contributed by atoms with Crippen molar-refractivity contribution in [3.8, 4) is 0 Å². The maximum Gasteiger partial charge on any atom is 0.338 e. The van der Waals surface area contributed by atoms with Crippen LogP contribution in [0.15, 0.2) is 57.9 Å². The number of hydrogen-bond donors (Lipinski definition) is 0. The summed E-state index contributed by atoms with van der Waals surface area (Å²) in [5.41, 5.74) is 1.17. The maximum atomic E-state index is 12.4. The Morgan fingerprint density at radius 3 is 2.50 bits per heavy atom. The quantitative estimate of drug-likeness (QED) is 0.790. The minimum atomic E-state index is -1.23. The molecule has 2 aromatic rings. The predicted molar refractivity (Wildman–Crippen MR) is 82.0 cm³/mol. The summed E-state index contributed by atoms with van der Waals surface area (Å²) in [6.07, 6.45) is 0. The lowest BCUT2D eigenvalue weighted by Gasteiger charge is -2.08. The number of esters is 1. The molecule has 2 rings (SSSR count). The van der Waals surface area contributed by atoms with Crippen LogP contribution in [0.2, 0.25) is 0 Å². The molecule has 1 unspecified atom stereocenters. The van der Waals surface area contributed by atoms with Crippen molar-refractivity contribution in [3.05, 3.63) is 64.1 Å². The smallest absolute Gasteiger partial charge is 0.338 e. The second-order valence-corrected chi connectivity index (χ2v) is 6.34. The Labute approximate surface area is 128 Å². The summed E-state index contributed by atoms with van der Waals surface area (Å²) in [5, 5.41) is 0. The first kappa shape index (κ1) is 14.9. The Hall–Kier alpha value is -1.46. The first-order chi connectivity index (χ1) is 9.63. The highest BCUT2D eigenvalue weighted by molar-refractivity contribution is 9.10. The van der Waals surface area contributed by atoms with Gasteiger partial charge in [-0.1, -0.05) is 30.3 Å². The van der Waals surface area contributed by atoms with Crippen molar-refractivity contribution in [2.24, 2.45) is 0 Å². The lowest BCUT2D eigenvalue weighted by atomic mass is 10.1. The van der Waals surface area contributed by atoms with E-state index in [0.717, 1.165) is 4.47 Å². The Bertz CT molecular complexity index is 655. The molecular formula is C15H13BrO3S. The number of methoxy groups -OCH3 is 1. The van der Waals surface area contributed by atoms with Gasteiger partial charge in [-0.3, -0.25) is 4.21 Å². The molecule has 0 heterocycles. The molecule has 5 heteroatoms. The highest BCUT2D eigenvalue weighted by atomic mass is 79.9. The molecule has 0 saturated heterocycles. The van der Waals surface area contributed by atoms with Crippen LogP contribution in [-0.4, -0.2) is 17.3 Å². The van der Waals surface area contributed by atoms with Crippen LogP contribution in [0, 0.1) is 0 Å². The number of carbonyl (C=O) groups excluding carboxylic acids is 1. The van der Waals surface area contributed by atoms with Gasteiger partial charge in [-0.2, -0.15) is 0 Å². The summed E-state index contributed by atoms with van der Waals surface area (Å²) >= 11 is 3.39. The maximum absolute atomic E-state index is 12.4. The van der Waals surface area contributed by atoms with E-state index in [1.165, 1.54) is 7.11 Å². The van der Waals surface area contributed by atoms with Gasteiger partial charge in [-0.25, -0.2) is 4.79 Å². The molecule has 0 radical (unpaired) electrons. The van der Waals surface area contributed by atoms with E-state index in [-0.39, 0.29) is 5.75 Å². The van der Waals surface area contributed by atoms with Crippen molar-refractivity contribution < 1.29 is 13.7 Å². The fourth-order valence-electron chi connectivity index (χ4n) is 1.80. The van der Waals surface area contributed by atoms with Crippen LogP contribution in [0.1, 0.15) is 15.9 Å². The van der Waals surface area contributed by atoms with E-state index in [2.05, 4.69) is 15.9 Å². The van der Waals surface area contributed by atoms with Crippen LogP contribution >= 0.6 is 15.9 Å². The van der Waals surface area contributed by atoms with Crippen molar-refractivity contribution in [1.82, 2.24) is 0 Å². The third kappa shape index (κ3) is 3.35. The standard InChI is InChI=1S/C15H13BrO3S/c1-19-15(17)12-7-3-2-6-11(12)10-20(18)14-9-5-4-8-13(14)16/h2-9H,10H2,1H3. The first-order valence-corrected chi connectivity index (χ1v) is 8.04. The predicted octanol–water partition coefficient (Wildman–Crippen LogP) is 3.54. The van der Waals surface area contributed by atoms with Crippen LogP contribution in [-0.2, 0) is 21.3 Å². The van der Waals surface area contributed by atoms with Crippen molar-refractivity contribution in [1.29, 1.82) is 0 Å². The summed E-state index contributed by atoms with van der Waals surface area (Å²) in [7, 11) is 0.108. The fourth-order valence-corrected chi connectivity index (χ4v) is 3.84. The Balaban J connectivity index is 2.29. The molecule has 0 aliphatic rings. The van der Waals surface area contributed by atoms with Gasteiger partial charge >= 0.3 is 5.97 Å². The molecule has 20 heavy (non-hydrogen) atoms. The van der Waals surface area contributed by atoms with E-state index >= 15 is 0 Å². The van der Waals surface area contributed by atoms with Gasteiger partial charge in [0.25, 0.3) is 0 Å². The SMILES string of the molecule is COC(=O)c1ccccc1CS(=O)c1ccccc1Br. The van der Waals surface area contributed by atoms with E-state index in [0.29, 0.717) is 16.0 Å². The first-order valence-electron chi connectivity index (χ1n) is 5.92. The van der Waals surface area contributed by atoms with Crippen molar-refractivity contribution in [2.75, 3.05) is 7.11 Å². The summed E-state index contributed by atoms with van der Waals surface area (Å²) < 4.78 is 18.0. The number of rotatable bonds is 4. The molecule has 0 aromatic heterocycles. The van der Waals surface area contributed by atoms with Crippen molar-refractivity contribution in [2.45, 2.75) is 10.6 Å². The lowest BCUT2D eigenvalue weighted by molar-refractivity contribution is 0.0600. The number of hydrogen-bond acceptors (Lipinski definition) is 3. The van der Waals surface area contributed by atoms with Gasteiger partial charge in [0.1, 0.15) is 0 Å². The monoisotopic (exact) mass is 352 g/mol. The van der Waals surface area contributed by atoms with Crippen LogP contribution in [0.4, 0.5) is 0 Å². The van der Waals surface area contributed by atoms with Crippen LogP contribution in [0.25, 0.3) is 0 Å². The minimum Gasteiger partial charge on any atom is -0.465 e. The molecule has 3 nitrogen and oxygen atoms in total. The Morgan fingerprint density at radius 1 is 1.15 bits per heavy atom. The summed E-state index contributed by atoms with van der Waals surface area (Å²) in [4.78, 5) is 12.4. The Kier molecular flexibility index (Phi) is 5.09. The second kappa shape index (κ2) is 6.81. The molecule has 0 spiro atoms. The highest BCUT2D eigenvalue weighted by Gasteiger charge is 2.15. The molecule has 1 atom stereocenters. The number of benzene rings is 2. The van der Waals surface area contributed by atoms with Crippen molar-refractivity contribution in [3.63, 3.8) is 0 Å². The number of halogens is 1. The molecule has 0 saturated carbocycles. The molecule has 0 fully saturated rings. The normalized spacial score (nSPS) is 11.9. The van der Waals surface area contributed by atoms with E-state index in [4.69, 9.17) is 4.74 Å². The van der Waals surface area contributed by atoms with Gasteiger partial charge in [-0.15, -0.1) is 0 Å². The van der Waals surface area contributed by atoms with Crippen molar-refractivity contribution >= 4 is 32.7 Å². The van der Waals surface area contributed by atoms with Gasteiger partial charge in [-0.05, 0) is 39.7 Å². The Morgan fingerprint density at radius 2 is 1.80 bits per heavy atom. The zero-order valence-electron chi connectivity index (χ0n) is 10.8. The van der Waals surface area contributed by atoms with Crippen LogP contribution in [0.3, 0.4) is 0 Å². The topological polar surface area (TPSA) is 43.4 Å². The van der Waals surface area contributed by atoms with Crippen LogP contribution in [0.5, 0.6) is 0 Å². The largest absolute Gasteiger partial charge is 0.465 e. The molecular weight excluding hydrogens is 340 g/mol. The third-order valence-corrected chi connectivity index (χ3v) is 5.16. The van der Waals surface area contributed by atoms with Gasteiger partial charge in [0.15, 0.2) is 0 Å². The van der Waals surface area contributed by atoms with E-state index < -0.39 is 16.8 Å². The highest BCUT2D eigenvalue weighted by Crippen LogP contribution is 2.23. The van der Waals surface area contributed by atoms with E-state index in [1.54, 1.807) is 24.3 Å². The fraction of sp³-hybridized carbons (Fsp3) is 0.133. The molecule has 0 amide bonds. The summed E-state index contributed by atoms with van der Waals surface area (Å²) in [6, 6.07) is 14.4. The summed E-state index contributed by atoms with van der Waals surface area (Å²) in [6.45, 7) is 0. The number of ether oxygens (including phenoxy) is 1. The van der Waals surface area contributed by atoms with E-state index in [1.807, 2.05) is 24.3 Å². The van der Waals surface area contributed by atoms with E-state index in [9.17, 15) is 9.00 Å². The molecule has 0 N–H and O–H groups in total. The molecule has 104 valence electrons. The van der Waals surface area contributed by atoms with Crippen LogP contribution < -0.4 is 0 Å². The average Bonchev–Trinajstić information content (AvgIpc) is 2.47. The minimum absolute atomic E-state index is 0.272. The lowest BCUT2D eigenvalue weighted by Crippen LogP contribution is -2.07. The second-order valence-electron chi connectivity index (χ2n) is 4.07. The number of carbonyl (C=O) groups is 1. The average molecular weight is 353 g/mol. The van der Waals surface area contributed by atoms with Gasteiger partial charge in [0.2, 0.25) is 0 Å². The molecule has 0 aliphatic carbocycles. The summed E-state index contributed by atoms with van der Waals surface area (Å²) in [5.74, 6) is -0.141. The third-order valence-electron chi connectivity index (χ3n) is 2.79.